The van der Waals surface area contributed by atoms with Crippen LogP contribution in [0.4, 0.5) is 10.6 Å². The van der Waals surface area contributed by atoms with E-state index >= 15 is 0 Å². The van der Waals surface area contributed by atoms with Gasteiger partial charge in [-0.05, 0) is 18.2 Å². The van der Waals surface area contributed by atoms with Crippen LogP contribution < -0.4 is 4.90 Å². The minimum atomic E-state index is -0.908. The Kier molecular flexibility index (Phi) is 4.32. The molecule has 8 heteroatoms. The third kappa shape index (κ3) is 2.88. The minimum absolute atomic E-state index is 0.392. The van der Waals surface area contributed by atoms with Crippen molar-refractivity contribution in [3.8, 4) is 17.3 Å². The Morgan fingerprint density at radius 1 is 1.33 bits per heavy atom. The number of pyridine rings is 1. The summed E-state index contributed by atoms with van der Waals surface area (Å²) in [5.74, 6) is 0.797. The van der Waals surface area contributed by atoms with Crippen LogP contribution >= 0.6 is 11.6 Å². The van der Waals surface area contributed by atoms with Gasteiger partial charge in [-0.2, -0.15) is 5.26 Å². The Hall–Kier alpha value is -2.72. The molecule has 1 aliphatic heterocycles. The molecule has 0 spiro atoms. The van der Waals surface area contributed by atoms with E-state index in [4.69, 9.17) is 16.7 Å². The van der Waals surface area contributed by atoms with Gasteiger partial charge in [-0.3, -0.25) is 0 Å². The van der Waals surface area contributed by atoms with Crippen LogP contribution in [0.1, 0.15) is 5.56 Å². The molecule has 7 nitrogen and oxygen atoms in total. The molecule has 0 aromatic carbocycles. The van der Waals surface area contributed by atoms with Crippen LogP contribution in [-0.2, 0) is 7.05 Å². The number of hydrogen-bond acceptors (Lipinski definition) is 4. The summed E-state index contributed by atoms with van der Waals surface area (Å²) in [6, 6.07) is 7.65. The molecule has 124 valence electrons. The summed E-state index contributed by atoms with van der Waals surface area (Å²) < 4.78 is 1.95. The van der Waals surface area contributed by atoms with Crippen molar-refractivity contribution in [3.05, 3.63) is 35.1 Å². The molecule has 0 radical (unpaired) electrons. The van der Waals surface area contributed by atoms with Crippen LogP contribution in [0.2, 0.25) is 5.15 Å². The number of nitrogens with zero attached hydrogens (tertiary/aromatic N) is 5. The third-order valence-electron chi connectivity index (χ3n) is 4.19. The summed E-state index contributed by atoms with van der Waals surface area (Å²) in [7, 11) is 1.89. The Balaban J connectivity index is 1.95. The summed E-state index contributed by atoms with van der Waals surface area (Å²) in [5.41, 5.74) is 2.31. The Morgan fingerprint density at radius 2 is 2.04 bits per heavy atom. The maximum Gasteiger partial charge on any atom is 0.407 e. The lowest BCUT2D eigenvalue weighted by Gasteiger charge is -2.35. The zero-order chi connectivity index (χ0) is 17.3. The normalized spacial score (nSPS) is 14.5. The summed E-state index contributed by atoms with van der Waals surface area (Å²) in [6.07, 6.45) is 0.719. The van der Waals surface area contributed by atoms with E-state index in [0.717, 1.165) is 17.1 Å². The number of anilines is 1. The maximum absolute atomic E-state index is 11.0. The maximum atomic E-state index is 11.0. The van der Waals surface area contributed by atoms with Crippen molar-refractivity contribution in [3.63, 3.8) is 0 Å². The quantitative estimate of drug-likeness (QED) is 0.845. The van der Waals surface area contributed by atoms with Crippen molar-refractivity contribution in [2.24, 2.45) is 7.05 Å². The zero-order valence-corrected chi connectivity index (χ0v) is 13.9. The number of halogens is 1. The topological polar surface area (TPSA) is 85.4 Å². The molecule has 2 aromatic rings. The number of nitriles is 1. The van der Waals surface area contributed by atoms with Gasteiger partial charge < -0.3 is 19.5 Å². The average molecular weight is 346 g/mol. The van der Waals surface area contributed by atoms with Crippen molar-refractivity contribution in [1.82, 2.24) is 14.5 Å². The second-order valence-corrected chi connectivity index (χ2v) is 5.95. The fourth-order valence-electron chi connectivity index (χ4n) is 3.01. The van der Waals surface area contributed by atoms with Crippen molar-refractivity contribution in [2.75, 3.05) is 31.1 Å². The van der Waals surface area contributed by atoms with Gasteiger partial charge in [0.25, 0.3) is 0 Å². The zero-order valence-electron chi connectivity index (χ0n) is 13.1. The predicted octanol–water partition coefficient (Wildman–Crippen LogP) is 2.41. The van der Waals surface area contributed by atoms with Crippen LogP contribution in [-0.4, -0.2) is 51.8 Å². The molecule has 1 saturated heterocycles. The van der Waals surface area contributed by atoms with E-state index in [-0.39, 0.29) is 0 Å². The summed E-state index contributed by atoms with van der Waals surface area (Å²) in [5, 5.41) is 18.9. The number of piperazine rings is 1. The predicted molar refractivity (Wildman–Crippen MR) is 90.2 cm³/mol. The standard InChI is InChI=1S/C16H16ClN5O2/c1-20-13(11-2-3-19-14(17)9-11)8-12(10-18)15(20)21-4-6-22(7-5-21)16(23)24/h2-3,8-9H,4-7H2,1H3,(H,23,24). The molecular weight excluding hydrogens is 330 g/mol. The molecule has 0 bridgehead atoms. The highest BCUT2D eigenvalue weighted by atomic mass is 35.5. The van der Waals surface area contributed by atoms with Gasteiger partial charge in [-0.1, -0.05) is 11.6 Å². The summed E-state index contributed by atoms with van der Waals surface area (Å²) in [6.45, 7) is 1.94. The molecule has 2 aromatic heterocycles. The number of carbonyl (C=O) groups is 1. The lowest BCUT2D eigenvalue weighted by atomic mass is 10.2. The number of rotatable bonds is 2. The molecule has 0 saturated carbocycles. The second-order valence-electron chi connectivity index (χ2n) is 5.56. The van der Waals surface area contributed by atoms with Crippen molar-refractivity contribution >= 4 is 23.5 Å². The van der Waals surface area contributed by atoms with Crippen LogP contribution in [0.15, 0.2) is 24.4 Å². The first-order chi connectivity index (χ1) is 11.5. The molecule has 1 fully saturated rings. The number of hydrogen-bond donors (Lipinski definition) is 1. The van der Waals surface area contributed by atoms with Gasteiger partial charge >= 0.3 is 6.09 Å². The SMILES string of the molecule is Cn1c(-c2ccnc(Cl)c2)cc(C#N)c1N1CCN(C(=O)O)CC1. The van der Waals surface area contributed by atoms with E-state index < -0.39 is 6.09 Å². The van der Waals surface area contributed by atoms with Crippen LogP contribution in [0.3, 0.4) is 0 Å². The molecule has 24 heavy (non-hydrogen) atoms. The highest BCUT2D eigenvalue weighted by Crippen LogP contribution is 2.31. The minimum Gasteiger partial charge on any atom is -0.465 e. The Labute approximate surface area is 144 Å². The first-order valence-corrected chi connectivity index (χ1v) is 7.83. The smallest absolute Gasteiger partial charge is 0.407 e. The van der Waals surface area contributed by atoms with E-state index in [0.29, 0.717) is 36.9 Å². The van der Waals surface area contributed by atoms with Gasteiger partial charge in [0.1, 0.15) is 17.0 Å². The molecular formula is C16H16ClN5O2. The molecule has 3 heterocycles. The van der Waals surface area contributed by atoms with Gasteiger partial charge in [0, 0.05) is 45.0 Å². The van der Waals surface area contributed by atoms with Crippen LogP contribution in [0.25, 0.3) is 11.3 Å². The molecule has 1 amide bonds. The summed E-state index contributed by atoms with van der Waals surface area (Å²) >= 11 is 5.97. The van der Waals surface area contributed by atoms with E-state index in [9.17, 15) is 10.1 Å². The fraction of sp³-hybridized carbons (Fsp3) is 0.312. The lowest BCUT2D eigenvalue weighted by Crippen LogP contribution is -2.49. The van der Waals surface area contributed by atoms with E-state index in [1.54, 1.807) is 12.3 Å². The number of carboxylic acid groups (broad SMARTS) is 1. The summed E-state index contributed by atoms with van der Waals surface area (Å²) in [4.78, 5) is 18.4. The van der Waals surface area contributed by atoms with Gasteiger partial charge in [0.15, 0.2) is 0 Å². The first-order valence-electron chi connectivity index (χ1n) is 7.46. The fourth-order valence-corrected chi connectivity index (χ4v) is 3.18. The molecule has 1 aliphatic rings. The van der Waals surface area contributed by atoms with E-state index in [1.807, 2.05) is 28.6 Å². The molecule has 0 aliphatic carbocycles. The van der Waals surface area contributed by atoms with Gasteiger partial charge in [0.05, 0.1) is 11.3 Å². The Bertz CT molecular complexity index is 818. The van der Waals surface area contributed by atoms with Gasteiger partial charge in [0.2, 0.25) is 0 Å². The molecule has 0 atom stereocenters. The van der Waals surface area contributed by atoms with Gasteiger partial charge in [-0.15, -0.1) is 0 Å². The van der Waals surface area contributed by atoms with Crippen molar-refractivity contribution in [2.45, 2.75) is 0 Å². The first kappa shape index (κ1) is 16.1. The largest absolute Gasteiger partial charge is 0.465 e. The van der Waals surface area contributed by atoms with Crippen molar-refractivity contribution in [1.29, 1.82) is 5.26 Å². The average Bonchev–Trinajstić information content (AvgIpc) is 2.91. The monoisotopic (exact) mass is 345 g/mol. The van der Waals surface area contributed by atoms with E-state index in [2.05, 4.69) is 11.1 Å². The van der Waals surface area contributed by atoms with Crippen LogP contribution in [0.5, 0.6) is 0 Å². The second kappa shape index (κ2) is 6.42. The van der Waals surface area contributed by atoms with Crippen LogP contribution in [0, 0.1) is 11.3 Å². The molecule has 3 rings (SSSR count). The Morgan fingerprint density at radius 3 is 2.62 bits per heavy atom. The lowest BCUT2D eigenvalue weighted by molar-refractivity contribution is 0.142. The third-order valence-corrected chi connectivity index (χ3v) is 4.40. The number of amides is 1. The van der Waals surface area contributed by atoms with Crippen molar-refractivity contribution < 1.29 is 9.90 Å². The molecule has 1 N–H and O–H groups in total. The molecule has 0 unspecified atom stereocenters. The van der Waals surface area contributed by atoms with E-state index in [1.165, 1.54) is 4.90 Å². The highest BCUT2D eigenvalue weighted by molar-refractivity contribution is 6.29. The number of aromatic nitrogens is 2. The van der Waals surface area contributed by atoms with Gasteiger partial charge in [-0.25, -0.2) is 9.78 Å². The highest BCUT2D eigenvalue weighted by Gasteiger charge is 2.25.